The minimum absolute atomic E-state index is 0.0317. The Morgan fingerprint density at radius 1 is 1.19 bits per heavy atom. The number of aromatic nitrogens is 2. The molecule has 1 aromatic heterocycles. The van der Waals surface area contributed by atoms with E-state index in [0.717, 1.165) is 62.6 Å². The molecule has 1 fully saturated rings. The van der Waals surface area contributed by atoms with Gasteiger partial charge in [0.25, 0.3) is 5.56 Å². The smallest absolute Gasteiger partial charge is 0.267 e. The van der Waals surface area contributed by atoms with E-state index in [-0.39, 0.29) is 29.5 Å². The summed E-state index contributed by atoms with van der Waals surface area (Å²) >= 11 is 0. The molecule has 6 nitrogen and oxygen atoms in total. The first-order valence-electron chi connectivity index (χ1n) is 9.85. The molecule has 26 heavy (non-hydrogen) atoms. The van der Waals surface area contributed by atoms with E-state index in [2.05, 4.69) is 22.6 Å². The van der Waals surface area contributed by atoms with E-state index in [0.29, 0.717) is 13.2 Å². The minimum Gasteiger partial charge on any atom is -0.376 e. The van der Waals surface area contributed by atoms with Crippen LogP contribution in [0.5, 0.6) is 0 Å². The van der Waals surface area contributed by atoms with Crippen LogP contribution in [0.3, 0.4) is 0 Å². The topological polar surface area (TPSA) is 73.2 Å². The predicted molar refractivity (Wildman–Crippen MR) is 97.8 cm³/mol. The average Bonchev–Trinajstić information content (AvgIpc) is 2.69. The number of ether oxygens (including phenoxy) is 1. The van der Waals surface area contributed by atoms with Gasteiger partial charge in [0.1, 0.15) is 0 Å². The van der Waals surface area contributed by atoms with Crippen LogP contribution >= 0.6 is 0 Å². The Morgan fingerprint density at radius 3 is 2.81 bits per heavy atom. The van der Waals surface area contributed by atoms with Crippen LogP contribution in [0.4, 0.5) is 0 Å². The normalized spacial score (nSPS) is 28.4. The Kier molecular flexibility index (Phi) is 5.20. The zero-order valence-electron chi connectivity index (χ0n) is 15.2. The standard InChI is InChI=1S/C20H27N3O3/c24-19-12-15-13-26-11-10-18(15)22-23(19)17-8-6-16(7-9-17)21-20(25)14-4-2-1-3-5-14/h1-2,12,14,16-17H,3-11,13H2,(H,21,25). The maximum absolute atomic E-state index is 12.4. The molecule has 1 atom stereocenters. The van der Waals surface area contributed by atoms with Crippen molar-refractivity contribution >= 4 is 5.91 Å². The van der Waals surface area contributed by atoms with Gasteiger partial charge < -0.3 is 10.1 Å². The molecule has 1 N–H and O–H groups in total. The molecule has 140 valence electrons. The van der Waals surface area contributed by atoms with E-state index in [4.69, 9.17) is 4.74 Å². The first kappa shape index (κ1) is 17.5. The second-order valence-electron chi connectivity index (χ2n) is 7.70. The number of hydrogen-bond donors (Lipinski definition) is 1. The number of hydrogen-bond acceptors (Lipinski definition) is 4. The number of rotatable bonds is 3. The molecular formula is C20H27N3O3. The lowest BCUT2D eigenvalue weighted by atomic mass is 9.89. The Labute approximate surface area is 153 Å². The summed E-state index contributed by atoms with van der Waals surface area (Å²) in [6.07, 6.45) is 11.5. The van der Waals surface area contributed by atoms with Crippen LogP contribution in [0.2, 0.25) is 0 Å². The van der Waals surface area contributed by atoms with Gasteiger partial charge in [0.15, 0.2) is 0 Å². The molecule has 1 aliphatic heterocycles. The van der Waals surface area contributed by atoms with Crippen molar-refractivity contribution in [3.63, 3.8) is 0 Å². The molecule has 1 unspecified atom stereocenters. The number of carbonyl (C=O) groups excluding carboxylic acids is 1. The van der Waals surface area contributed by atoms with Crippen molar-refractivity contribution in [3.05, 3.63) is 39.8 Å². The third-order valence-electron chi connectivity index (χ3n) is 5.89. The summed E-state index contributed by atoms with van der Waals surface area (Å²) in [7, 11) is 0. The first-order chi connectivity index (χ1) is 12.7. The highest BCUT2D eigenvalue weighted by Crippen LogP contribution is 2.28. The van der Waals surface area contributed by atoms with Gasteiger partial charge in [-0.25, -0.2) is 4.68 Å². The number of carbonyl (C=O) groups is 1. The number of allylic oxidation sites excluding steroid dienone is 2. The highest BCUT2D eigenvalue weighted by Gasteiger charge is 2.28. The number of nitrogens with one attached hydrogen (secondary N) is 1. The van der Waals surface area contributed by atoms with Crippen LogP contribution in [0, 0.1) is 5.92 Å². The molecule has 1 aromatic rings. The summed E-state index contributed by atoms with van der Waals surface area (Å²) in [5, 5.41) is 7.85. The summed E-state index contributed by atoms with van der Waals surface area (Å²) in [6.45, 7) is 1.17. The van der Waals surface area contributed by atoms with Crippen molar-refractivity contribution in [1.29, 1.82) is 0 Å². The highest BCUT2D eigenvalue weighted by molar-refractivity contribution is 5.79. The zero-order valence-corrected chi connectivity index (χ0v) is 15.2. The fourth-order valence-electron chi connectivity index (χ4n) is 4.31. The van der Waals surface area contributed by atoms with Crippen LogP contribution in [-0.4, -0.2) is 28.3 Å². The summed E-state index contributed by atoms with van der Waals surface area (Å²) in [6, 6.07) is 2.05. The number of amides is 1. The molecule has 4 rings (SSSR count). The SMILES string of the molecule is O=C(NC1CCC(n2nc3c(cc2=O)COCC3)CC1)C1CC=CCC1. The molecule has 6 heteroatoms. The van der Waals surface area contributed by atoms with E-state index in [1.807, 2.05) is 0 Å². The quantitative estimate of drug-likeness (QED) is 0.842. The molecule has 0 radical (unpaired) electrons. The molecule has 0 aromatic carbocycles. The number of nitrogens with zero attached hydrogens (tertiary/aromatic N) is 2. The van der Waals surface area contributed by atoms with Gasteiger partial charge in [0.2, 0.25) is 5.91 Å². The van der Waals surface area contributed by atoms with Crippen molar-refractivity contribution in [2.24, 2.45) is 5.92 Å². The number of fused-ring (bicyclic) bond motifs is 1. The third kappa shape index (κ3) is 3.75. The van der Waals surface area contributed by atoms with Gasteiger partial charge in [-0.3, -0.25) is 9.59 Å². The molecular weight excluding hydrogens is 330 g/mol. The summed E-state index contributed by atoms with van der Waals surface area (Å²) in [5.41, 5.74) is 1.90. The molecule has 1 saturated carbocycles. The predicted octanol–water partition coefficient (Wildman–Crippen LogP) is 2.27. The van der Waals surface area contributed by atoms with Crippen LogP contribution in [0.15, 0.2) is 23.0 Å². The van der Waals surface area contributed by atoms with Gasteiger partial charge in [-0.1, -0.05) is 12.2 Å². The van der Waals surface area contributed by atoms with E-state index in [1.54, 1.807) is 10.7 Å². The Balaban J connectivity index is 1.35. The summed E-state index contributed by atoms with van der Waals surface area (Å²) < 4.78 is 7.08. The van der Waals surface area contributed by atoms with Gasteiger partial charge >= 0.3 is 0 Å². The monoisotopic (exact) mass is 357 g/mol. The zero-order chi connectivity index (χ0) is 17.9. The van der Waals surface area contributed by atoms with E-state index < -0.39 is 0 Å². The first-order valence-corrected chi connectivity index (χ1v) is 9.85. The lowest BCUT2D eigenvalue weighted by Gasteiger charge is -2.31. The van der Waals surface area contributed by atoms with Gasteiger partial charge in [-0.2, -0.15) is 5.10 Å². The fraction of sp³-hybridized carbons (Fsp3) is 0.650. The molecule has 2 aliphatic carbocycles. The third-order valence-corrected chi connectivity index (χ3v) is 5.89. The van der Waals surface area contributed by atoms with Crippen molar-refractivity contribution in [3.8, 4) is 0 Å². The highest BCUT2D eigenvalue weighted by atomic mass is 16.5. The van der Waals surface area contributed by atoms with Crippen molar-refractivity contribution in [2.45, 2.75) is 70.1 Å². The van der Waals surface area contributed by atoms with Crippen LogP contribution in [-0.2, 0) is 22.6 Å². The van der Waals surface area contributed by atoms with Gasteiger partial charge in [-0.05, 0) is 44.9 Å². The second-order valence-corrected chi connectivity index (χ2v) is 7.70. The average molecular weight is 357 g/mol. The van der Waals surface area contributed by atoms with E-state index in [1.165, 1.54) is 0 Å². The molecule has 0 spiro atoms. The maximum atomic E-state index is 12.4. The maximum Gasteiger partial charge on any atom is 0.267 e. The second kappa shape index (κ2) is 7.74. The fourth-order valence-corrected chi connectivity index (χ4v) is 4.31. The van der Waals surface area contributed by atoms with Crippen molar-refractivity contribution in [1.82, 2.24) is 15.1 Å². The molecule has 2 heterocycles. The molecule has 0 bridgehead atoms. The van der Waals surface area contributed by atoms with Gasteiger partial charge in [0.05, 0.1) is 24.9 Å². The van der Waals surface area contributed by atoms with Crippen LogP contribution < -0.4 is 10.9 Å². The van der Waals surface area contributed by atoms with Crippen molar-refractivity contribution < 1.29 is 9.53 Å². The van der Waals surface area contributed by atoms with E-state index in [9.17, 15) is 9.59 Å². The largest absolute Gasteiger partial charge is 0.376 e. The lowest BCUT2D eigenvalue weighted by Crippen LogP contribution is -2.42. The van der Waals surface area contributed by atoms with Gasteiger partial charge in [-0.15, -0.1) is 0 Å². The summed E-state index contributed by atoms with van der Waals surface area (Å²) in [4.78, 5) is 24.8. The van der Waals surface area contributed by atoms with Crippen LogP contribution in [0.25, 0.3) is 0 Å². The van der Waals surface area contributed by atoms with Crippen LogP contribution in [0.1, 0.15) is 62.2 Å². The minimum atomic E-state index is -0.0317. The van der Waals surface area contributed by atoms with Crippen molar-refractivity contribution in [2.75, 3.05) is 6.61 Å². The Bertz CT molecular complexity index is 747. The Hall–Kier alpha value is -1.95. The van der Waals surface area contributed by atoms with E-state index >= 15 is 0 Å². The molecule has 0 saturated heterocycles. The molecule has 1 amide bonds. The lowest BCUT2D eigenvalue weighted by molar-refractivity contribution is -0.126. The summed E-state index contributed by atoms with van der Waals surface area (Å²) in [5.74, 6) is 0.326. The molecule has 3 aliphatic rings. The Morgan fingerprint density at radius 2 is 2.04 bits per heavy atom. The van der Waals surface area contributed by atoms with Gasteiger partial charge in [0, 0.05) is 30.0 Å².